The molecule has 334 valence electrons. The number of ether oxygens (including phenoxy) is 5. The molecule has 1 amide bonds. The molecule has 2 heterocycles. The maximum absolute atomic E-state index is 15.1. The van der Waals surface area contributed by atoms with Crippen molar-refractivity contribution in [1.82, 2.24) is 4.90 Å². The lowest BCUT2D eigenvalue weighted by molar-refractivity contribution is -0.254. The van der Waals surface area contributed by atoms with Crippen LogP contribution in [0.25, 0.3) is 0 Å². The standard InChI is InChI=1S/C50H64N2O9S/c1-6-23-52(48(55)35-19-21-43-44(30-35)58-33-57-43)45-32-41(51-61-49(3,4)5)39-29-34(15-11-13-24-53)38(18-12-14-25-54)46-40-31-36(56-27-28-62-37-16-9-8-10-17-37)20-22-42(40)60-50(45,47(39)46)59-26-7-2/h7-10,16-17,19-22,29-31,34,38,45-47,53-54H,2,6,11-15,18,23-28,32-33H2,1,3-5H3. The van der Waals surface area contributed by atoms with Gasteiger partial charge in [0.15, 0.2) is 11.5 Å². The smallest absolute Gasteiger partial charge is 0.254 e. The average molecular weight is 869 g/mol. The van der Waals surface area contributed by atoms with Crippen LogP contribution in [0.1, 0.15) is 101 Å². The zero-order valence-electron chi connectivity index (χ0n) is 36.8. The minimum absolute atomic E-state index is 0.0972. The zero-order valence-corrected chi connectivity index (χ0v) is 37.6. The Morgan fingerprint density at radius 3 is 2.48 bits per heavy atom. The molecule has 7 rings (SSSR count). The highest BCUT2D eigenvalue weighted by Crippen LogP contribution is 2.62. The number of hydrogen-bond donors (Lipinski definition) is 2. The number of oxime groups is 1. The van der Waals surface area contributed by atoms with E-state index in [0.717, 1.165) is 54.0 Å². The van der Waals surface area contributed by atoms with E-state index >= 15 is 4.79 Å². The van der Waals surface area contributed by atoms with Gasteiger partial charge in [-0.1, -0.05) is 55.3 Å². The third-order valence-corrected chi connectivity index (χ3v) is 13.1. The summed E-state index contributed by atoms with van der Waals surface area (Å²) in [5.74, 6) is 1.46. The van der Waals surface area contributed by atoms with Crippen molar-refractivity contribution in [2.24, 2.45) is 22.9 Å². The van der Waals surface area contributed by atoms with E-state index in [9.17, 15) is 10.2 Å². The Morgan fingerprint density at radius 1 is 0.984 bits per heavy atom. The van der Waals surface area contributed by atoms with Crippen molar-refractivity contribution in [3.05, 3.63) is 102 Å². The lowest BCUT2D eigenvalue weighted by Gasteiger charge is -2.60. The third kappa shape index (κ3) is 10.1. The van der Waals surface area contributed by atoms with Crippen LogP contribution in [0, 0.1) is 17.8 Å². The van der Waals surface area contributed by atoms with Crippen molar-refractivity contribution < 1.29 is 43.5 Å². The number of benzene rings is 3. The molecule has 2 aliphatic heterocycles. The lowest BCUT2D eigenvalue weighted by Crippen LogP contribution is -2.70. The quantitative estimate of drug-likeness (QED) is 0.0463. The van der Waals surface area contributed by atoms with Gasteiger partial charge < -0.3 is 43.6 Å². The Kier molecular flexibility index (Phi) is 15.3. The fraction of sp³-hybridized carbons (Fsp3) is 0.520. The number of amides is 1. The molecule has 1 saturated carbocycles. The molecule has 0 bridgehead atoms. The molecule has 0 spiro atoms. The van der Waals surface area contributed by atoms with E-state index in [-0.39, 0.29) is 50.3 Å². The van der Waals surface area contributed by atoms with Crippen molar-refractivity contribution in [2.75, 3.05) is 45.5 Å². The number of nitrogens with zero attached hydrogens (tertiary/aromatic N) is 2. The summed E-state index contributed by atoms with van der Waals surface area (Å²) in [6.07, 6.45) is 9.87. The maximum Gasteiger partial charge on any atom is 0.254 e. The van der Waals surface area contributed by atoms with Crippen LogP contribution in [-0.2, 0) is 9.57 Å². The van der Waals surface area contributed by atoms with Crippen molar-refractivity contribution in [1.29, 1.82) is 0 Å². The van der Waals surface area contributed by atoms with Gasteiger partial charge in [0, 0.05) is 53.9 Å². The van der Waals surface area contributed by atoms with Crippen LogP contribution in [0.3, 0.4) is 0 Å². The molecule has 3 aromatic rings. The number of aliphatic hydroxyl groups excluding tert-OH is 2. The highest BCUT2D eigenvalue weighted by atomic mass is 32.2. The lowest BCUT2D eigenvalue weighted by atomic mass is 9.55. The summed E-state index contributed by atoms with van der Waals surface area (Å²) in [5, 5.41) is 24.9. The first-order chi connectivity index (χ1) is 30.1. The number of carbonyl (C=O) groups is 1. The molecule has 4 aliphatic rings. The summed E-state index contributed by atoms with van der Waals surface area (Å²) in [6.45, 7) is 13.5. The van der Waals surface area contributed by atoms with Crippen LogP contribution in [0.5, 0.6) is 23.0 Å². The number of hydrogen-bond acceptors (Lipinski definition) is 11. The largest absolute Gasteiger partial charge is 0.493 e. The minimum Gasteiger partial charge on any atom is -0.493 e. The normalized spacial score (nSPS) is 24.1. The van der Waals surface area contributed by atoms with Crippen molar-refractivity contribution >= 4 is 23.4 Å². The second-order valence-corrected chi connectivity index (χ2v) is 18.7. The monoisotopic (exact) mass is 868 g/mol. The van der Waals surface area contributed by atoms with Gasteiger partial charge >= 0.3 is 0 Å². The van der Waals surface area contributed by atoms with Gasteiger partial charge in [0.2, 0.25) is 12.6 Å². The Hall–Kier alpha value is -4.49. The Bertz CT molecular complexity index is 2050. The van der Waals surface area contributed by atoms with Crippen LogP contribution < -0.4 is 18.9 Å². The fourth-order valence-corrected chi connectivity index (χ4v) is 10.4. The third-order valence-electron chi connectivity index (χ3n) is 12.2. The van der Waals surface area contributed by atoms with E-state index in [1.807, 2.05) is 56.0 Å². The van der Waals surface area contributed by atoms with Crippen molar-refractivity contribution in [2.45, 2.75) is 107 Å². The zero-order chi connectivity index (χ0) is 43.7. The first-order valence-electron chi connectivity index (χ1n) is 22.4. The number of allylic oxidation sites excluding steroid dienone is 1. The molecule has 3 aromatic carbocycles. The first kappa shape index (κ1) is 45.5. The van der Waals surface area contributed by atoms with E-state index in [1.165, 1.54) is 4.90 Å². The highest BCUT2D eigenvalue weighted by molar-refractivity contribution is 7.99. The van der Waals surface area contributed by atoms with Crippen LogP contribution in [0.15, 0.2) is 101 Å². The molecule has 2 N–H and O–H groups in total. The molecule has 0 aromatic heterocycles. The van der Waals surface area contributed by atoms with Crippen LogP contribution in [0.2, 0.25) is 0 Å². The molecule has 11 nitrogen and oxygen atoms in total. The summed E-state index contributed by atoms with van der Waals surface area (Å²) in [6, 6.07) is 21.1. The molecule has 6 atom stereocenters. The van der Waals surface area contributed by atoms with Crippen LogP contribution >= 0.6 is 11.8 Å². The van der Waals surface area contributed by atoms with Gasteiger partial charge in [-0.25, -0.2) is 0 Å². The summed E-state index contributed by atoms with van der Waals surface area (Å²) in [7, 11) is 0. The van der Waals surface area contributed by atoms with Crippen LogP contribution in [0.4, 0.5) is 0 Å². The second kappa shape index (κ2) is 20.8. The van der Waals surface area contributed by atoms with Crippen LogP contribution in [-0.4, -0.2) is 89.7 Å². The van der Waals surface area contributed by atoms with E-state index in [4.69, 9.17) is 33.7 Å². The predicted octanol–water partition coefficient (Wildman–Crippen LogP) is 9.57. The van der Waals surface area contributed by atoms with Gasteiger partial charge in [-0.2, -0.15) is 0 Å². The Balaban J connectivity index is 1.39. The summed E-state index contributed by atoms with van der Waals surface area (Å²) >= 11 is 1.76. The number of fused-ring (bicyclic) bond motifs is 3. The molecule has 6 unspecified atom stereocenters. The SMILES string of the molecule is C=CCOC12Oc3ccc(OCCSc4ccccc4)cc3C3C(CCCCO)C(CCCCO)C=C(C(=NOC(C)(C)C)CC1N(CCC)C(=O)c1ccc4c(c1)OCO4)C32. The predicted molar refractivity (Wildman–Crippen MR) is 242 cm³/mol. The molecular weight excluding hydrogens is 805 g/mol. The van der Waals surface area contributed by atoms with Gasteiger partial charge in [0.1, 0.15) is 23.1 Å². The minimum atomic E-state index is -1.36. The van der Waals surface area contributed by atoms with E-state index in [0.29, 0.717) is 61.6 Å². The van der Waals surface area contributed by atoms with E-state index in [2.05, 4.69) is 37.8 Å². The molecule has 12 heteroatoms. The van der Waals surface area contributed by atoms with Gasteiger partial charge in [-0.15, -0.1) is 18.3 Å². The fourth-order valence-electron chi connectivity index (χ4n) is 9.60. The highest BCUT2D eigenvalue weighted by Gasteiger charge is 2.65. The molecule has 1 fully saturated rings. The molecular formula is C50H64N2O9S. The summed E-state index contributed by atoms with van der Waals surface area (Å²) in [4.78, 5) is 24.5. The number of aliphatic hydroxyl groups is 2. The second-order valence-electron chi connectivity index (χ2n) is 17.6. The van der Waals surface area contributed by atoms with E-state index < -0.39 is 23.3 Å². The number of carbonyl (C=O) groups excluding carboxylic acids is 1. The van der Waals surface area contributed by atoms with Gasteiger partial charge in [-0.05, 0) is 119 Å². The van der Waals surface area contributed by atoms with Gasteiger partial charge in [-0.3, -0.25) is 4.79 Å². The van der Waals surface area contributed by atoms with Gasteiger partial charge in [0.25, 0.3) is 5.91 Å². The first-order valence-corrected chi connectivity index (χ1v) is 23.4. The average Bonchev–Trinajstić information content (AvgIpc) is 3.75. The van der Waals surface area contributed by atoms with E-state index in [1.54, 1.807) is 36.0 Å². The number of unbranched alkanes of at least 4 members (excludes halogenated alkanes) is 2. The number of thioether (sulfide) groups is 1. The molecule has 2 aliphatic carbocycles. The summed E-state index contributed by atoms with van der Waals surface area (Å²) < 4.78 is 32.4. The maximum atomic E-state index is 15.1. The topological polar surface area (TPSA) is 129 Å². The van der Waals surface area contributed by atoms with Crippen molar-refractivity contribution in [3.8, 4) is 23.0 Å². The number of rotatable bonds is 21. The molecule has 62 heavy (non-hydrogen) atoms. The Labute approximate surface area is 371 Å². The molecule has 0 radical (unpaired) electrons. The van der Waals surface area contributed by atoms with Crippen molar-refractivity contribution in [3.63, 3.8) is 0 Å². The molecule has 0 saturated heterocycles. The Morgan fingerprint density at radius 2 is 1.74 bits per heavy atom. The van der Waals surface area contributed by atoms with Gasteiger partial charge in [0.05, 0.1) is 24.8 Å². The summed E-state index contributed by atoms with van der Waals surface area (Å²) in [5.41, 5.74) is 2.67.